The molecule has 5 heteroatoms. The maximum absolute atomic E-state index is 13.4. The molecular weight excluding hydrogens is 335 g/mol. The number of anilines is 1. The Labute approximate surface area is 131 Å². The number of benzene rings is 2. The number of methoxy groups -OCH3 is 1. The molecule has 108 valence electrons. The second-order valence-electron chi connectivity index (χ2n) is 4.58. The van der Waals surface area contributed by atoms with E-state index < -0.39 is 0 Å². The summed E-state index contributed by atoms with van der Waals surface area (Å²) in [6, 6.07) is 10.7. The number of hydrogen-bond donors (Lipinski definition) is 1. The van der Waals surface area contributed by atoms with Crippen LogP contribution in [0.3, 0.4) is 0 Å². The van der Waals surface area contributed by atoms with Crippen molar-refractivity contribution in [2.75, 3.05) is 12.4 Å². The molecule has 0 unspecified atom stereocenters. The normalized spacial score (nSPS) is 10.0. The first-order chi connectivity index (χ1) is 10.0. The van der Waals surface area contributed by atoms with Gasteiger partial charge < -0.3 is 10.1 Å². The van der Waals surface area contributed by atoms with E-state index in [1.54, 1.807) is 18.2 Å². The fourth-order valence-corrected chi connectivity index (χ4v) is 2.33. The lowest BCUT2D eigenvalue weighted by atomic mass is 10.1. The summed E-state index contributed by atoms with van der Waals surface area (Å²) >= 11 is 3.17. The second-order valence-corrected chi connectivity index (χ2v) is 5.44. The number of rotatable bonds is 4. The van der Waals surface area contributed by atoms with Crippen molar-refractivity contribution in [1.82, 2.24) is 0 Å². The Morgan fingerprint density at radius 1 is 1.33 bits per heavy atom. The minimum Gasteiger partial charge on any atom is -0.495 e. The number of nitriles is 1. The van der Waals surface area contributed by atoms with Crippen molar-refractivity contribution in [3.63, 3.8) is 0 Å². The van der Waals surface area contributed by atoms with E-state index in [0.29, 0.717) is 22.3 Å². The van der Waals surface area contributed by atoms with E-state index in [1.165, 1.54) is 13.2 Å². The van der Waals surface area contributed by atoms with Gasteiger partial charge in [-0.25, -0.2) is 4.39 Å². The Kier molecular flexibility index (Phi) is 4.81. The Morgan fingerprint density at radius 2 is 2.10 bits per heavy atom. The molecule has 0 aliphatic heterocycles. The molecule has 0 atom stereocenters. The van der Waals surface area contributed by atoms with Crippen molar-refractivity contribution in [1.29, 1.82) is 5.26 Å². The monoisotopic (exact) mass is 348 g/mol. The largest absolute Gasteiger partial charge is 0.495 e. The van der Waals surface area contributed by atoms with Crippen molar-refractivity contribution >= 4 is 21.6 Å². The number of nitrogens with zero attached hydrogens (tertiary/aromatic N) is 1. The van der Waals surface area contributed by atoms with E-state index in [4.69, 9.17) is 10.00 Å². The molecule has 0 spiro atoms. The van der Waals surface area contributed by atoms with Gasteiger partial charge >= 0.3 is 0 Å². The van der Waals surface area contributed by atoms with Gasteiger partial charge in [0.2, 0.25) is 0 Å². The molecule has 0 saturated carbocycles. The highest BCUT2D eigenvalue weighted by molar-refractivity contribution is 9.10. The molecule has 2 aromatic rings. The highest BCUT2D eigenvalue weighted by Crippen LogP contribution is 2.25. The van der Waals surface area contributed by atoms with Gasteiger partial charge in [-0.15, -0.1) is 0 Å². The summed E-state index contributed by atoms with van der Waals surface area (Å²) in [6.45, 7) is 2.38. The zero-order valence-electron chi connectivity index (χ0n) is 11.7. The molecule has 1 N–H and O–H groups in total. The number of hydrogen-bond acceptors (Lipinski definition) is 3. The smallest absolute Gasteiger partial charge is 0.137 e. The highest BCUT2D eigenvalue weighted by Gasteiger charge is 2.07. The van der Waals surface area contributed by atoms with E-state index in [0.717, 1.165) is 16.8 Å². The fraction of sp³-hybridized carbons (Fsp3) is 0.188. The third-order valence-corrected chi connectivity index (χ3v) is 3.74. The maximum Gasteiger partial charge on any atom is 0.137 e. The maximum atomic E-state index is 13.4. The summed E-state index contributed by atoms with van der Waals surface area (Å²) in [5.74, 6) is 0.274. The predicted molar refractivity (Wildman–Crippen MR) is 83.9 cm³/mol. The Bertz CT molecular complexity index is 710. The van der Waals surface area contributed by atoms with Crippen LogP contribution in [-0.2, 0) is 6.54 Å². The van der Waals surface area contributed by atoms with Gasteiger partial charge in [-0.3, -0.25) is 0 Å². The molecule has 0 amide bonds. The van der Waals surface area contributed by atoms with Gasteiger partial charge in [0.15, 0.2) is 0 Å². The van der Waals surface area contributed by atoms with Gasteiger partial charge in [0.1, 0.15) is 17.6 Å². The van der Waals surface area contributed by atoms with E-state index in [-0.39, 0.29) is 5.82 Å². The number of aryl methyl sites for hydroxylation is 1. The van der Waals surface area contributed by atoms with Gasteiger partial charge in [-0.1, -0.05) is 6.07 Å². The average molecular weight is 349 g/mol. The van der Waals surface area contributed by atoms with Gasteiger partial charge in [0, 0.05) is 12.2 Å². The van der Waals surface area contributed by atoms with Crippen molar-refractivity contribution in [2.45, 2.75) is 13.5 Å². The molecule has 0 fully saturated rings. The fourth-order valence-electron chi connectivity index (χ4n) is 1.99. The minimum atomic E-state index is -0.283. The molecule has 0 aliphatic carbocycles. The van der Waals surface area contributed by atoms with Crippen molar-refractivity contribution in [3.8, 4) is 11.8 Å². The molecule has 2 aromatic carbocycles. The SMILES string of the molecule is COc1ccc(CNc2cc(Br)c(F)cc2C)cc1C#N. The van der Waals surface area contributed by atoms with E-state index in [9.17, 15) is 4.39 Å². The van der Waals surface area contributed by atoms with Crippen LogP contribution in [0, 0.1) is 24.1 Å². The molecule has 21 heavy (non-hydrogen) atoms. The Hall–Kier alpha value is -2.06. The standard InChI is InChI=1S/C16H14BrFN2O/c1-10-5-14(18)13(17)7-15(10)20-9-11-3-4-16(21-2)12(6-11)8-19/h3-7,20H,9H2,1-2H3. The van der Waals surface area contributed by atoms with Crippen molar-refractivity contribution in [3.05, 3.63) is 57.3 Å². The molecule has 0 radical (unpaired) electrons. The summed E-state index contributed by atoms with van der Waals surface area (Å²) in [7, 11) is 1.54. The first-order valence-corrected chi connectivity index (χ1v) is 7.11. The lowest BCUT2D eigenvalue weighted by molar-refractivity contribution is 0.413. The van der Waals surface area contributed by atoms with E-state index >= 15 is 0 Å². The van der Waals surface area contributed by atoms with Crippen LogP contribution >= 0.6 is 15.9 Å². The molecule has 0 bridgehead atoms. The van der Waals surface area contributed by atoms with Crippen LogP contribution in [0.15, 0.2) is 34.8 Å². The Balaban J connectivity index is 2.17. The summed E-state index contributed by atoms with van der Waals surface area (Å²) in [5, 5.41) is 12.3. The number of halogens is 2. The summed E-state index contributed by atoms with van der Waals surface area (Å²) in [4.78, 5) is 0. The topological polar surface area (TPSA) is 45.0 Å². The van der Waals surface area contributed by atoms with Gasteiger partial charge in [0.25, 0.3) is 0 Å². The van der Waals surface area contributed by atoms with Crippen LogP contribution in [0.4, 0.5) is 10.1 Å². The Morgan fingerprint density at radius 3 is 2.76 bits per heavy atom. The molecule has 2 rings (SSSR count). The molecule has 0 heterocycles. The summed E-state index contributed by atoms with van der Waals surface area (Å²) < 4.78 is 18.9. The first kappa shape index (κ1) is 15.3. The van der Waals surface area contributed by atoms with Gasteiger partial charge in [-0.2, -0.15) is 5.26 Å². The third kappa shape index (κ3) is 3.53. The number of ether oxygens (including phenoxy) is 1. The number of nitrogens with one attached hydrogen (secondary N) is 1. The molecule has 3 nitrogen and oxygen atoms in total. The van der Waals surface area contributed by atoms with E-state index in [1.807, 2.05) is 13.0 Å². The van der Waals surface area contributed by atoms with Gasteiger partial charge in [0.05, 0.1) is 17.1 Å². The summed E-state index contributed by atoms with van der Waals surface area (Å²) in [5.41, 5.74) is 3.11. The zero-order valence-corrected chi connectivity index (χ0v) is 13.3. The van der Waals surface area contributed by atoms with Crippen molar-refractivity contribution in [2.24, 2.45) is 0 Å². The first-order valence-electron chi connectivity index (χ1n) is 6.31. The van der Waals surface area contributed by atoms with Crippen molar-refractivity contribution < 1.29 is 9.13 Å². The molecule has 0 aromatic heterocycles. The minimum absolute atomic E-state index is 0.283. The molecular formula is C16H14BrFN2O. The highest BCUT2D eigenvalue weighted by atomic mass is 79.9. The average Bonchev–Trinajstić information content (AvgIpc) is 2.49. The van der Waals surface area contributed by atoms with Crippen LogP contribution in [0.25, 0.3) is 0 Å². The van der Waals surface area contributed by atoms with Crippen LogP contribution in [0.5, 0.6) is 5.75 Å². The van der Waals surface area contributed by atoms with Gasteiger partial charge in [-0.05, 0) is 58.2 Å². The molecule has 0 saturated heterocycles. The zero-order chi connectivity index (χ0) is 15.4. The second kappa shape index (κ2) is 6.59. The lowest BCUT2D eigenvalue weighted by Gasteiger charge is -2.12. The van der Waals surface area contributed by atoms with Crippen LogP contribution in [0.2, 0.25) is 0 Å². The van der Waals surface area contributed by atoms with Crippen LogP contribution in [-0.4, -0.2) is 7.11 Å². The third-order valence-electron chi connectivity index (χ3n) is 3.13. The quantitative estimate of drug-likeness (QED) is 0.891. The predicted octanol–water partition coefficient (Wildman–Crippen LogP) is 4.39. The summed E-state index contributed by atoms with van der Waals surface area (Å²) in [6.07, 6.45) is 0. The van der Waals surface area contributed by atoms with Crippen LogP contribution in [0.1, 0.15) is 16.7 Å². The lowest BCUT2D eigenvalue weighted by Crippen LogP contribution is -2.02. The molecule has 0 aliphatic rings. The van der Waals surface area contributed by atoms with Crippen LogP contribution < -0.4 is 10.1 Å². The van der Waals surface area contributed by atoms with E-state index in [2.05, 4.69) is 27.3 Å².